The van der Waals surface area contributed by atoms with Crippen molar-refractivity contribution in [2.24, 2.45) is 0 Å². The maximum Gasteiger partial charge on any atom is 0.294 e. The summed E-state index contributed by atoms with van der Waals surface area (Å²) < 4.78 is 5.06. The Morgan fingerprint density at radius 2 is 2.12 bits per heavy atom. The molecule has 0 aliphatic heterocycles. The highest BCUT2D eigenvalue weighted by molar-refractivity contribution is 6.33. The Balaban J connectivity index is 1.77. The van der Waals surface area contributed by atoms with Crippen LogP contribution in [0.25, 0.3) is 11.1 Å². The molecule has 1 amide bonds. The Labute approximate surface area is 154 Å². The van der Waals surface area contributed by atoms with E-state index in [1.54, 1.807) is 25.3 Å². The summed E-state index contributed by atoms with van der Waals surface area (Å²) in [6.45, 7) is 2.00. The summed E-state index contributed by atoms with van der Waals surface area (Å²) in [6.07, 6.45) is 2.86. The Morgan fingerprint density at radius 1 is 1.27 bits per heavy atom. The van der Waals surface area contributed by atoms with Crippen LogP contribution in [-0.4, -0.2) is 23.0 Å². The number of rotatable bonds is 6. The summed E-state index contributed by atoms with van der Waals surface area (Å²) >= 11 is 6.28. The van der Waals surface area contributed by atoms with Crippen LogP contribution in [0.4, 0.5) is 5.82 Å². The van der Waals surface area contributed by atoms with Crippen LogP contribution >= 0.6 is 11.6 Å². The number of aryl methyl sites for hydroxylation is 1. The number of hydrogen-bond acceptors (Lipinski definition) is 6. The fourth-order valence-corrected chi connectivity index (χ4v) is 2.56. The number of benzene rings is 1. The van der Waals surface area contributed by atoms with Gasteiger partial charge in [-0.25, -0.2) is 19.7 Å². The third kappa shape index (κ3) is 4.08. The number of nitrogens with zero attached hydrogens (tertiary/aromatic N) is 2. The third-order valence-corrected chi connectivity index (χ3v) is 3.97. The molecule has 0 spiro atoms. The molecule has 2 aromatic heterocycles. The van der Waals surface area contributed by atoms with Crippen molar-refractivity contribution >= 4 is 23.3 Å². The summed E-state index contributed by atoms with van der Waals surface area (Å²) in [4.78, 5) is 29.8. The first-order chi connectivity index (χ1) is 12.6. The first-order valence-electron chi connectivity index (χ1n) is 7.70. The largest absolute Gasteiger partial charge is 0.438 e. The van der Waals surface area contributed by atoms with Gasteiger partial charge in [0.1, 0.15) is 12.4 Å². The van der Waals surface area contributed by atoms with E-state index in [9.17, 15) is 4.79 Å². The summed E-state index contributed by atoms with van der Waals surface area (Å²) in [5, 5.41) is 3.25. The summed E-state index contributed by atoms with van der Waals surface area (Å²) in [5.41, 5.74) is 3.04. The van der Waals surface area contributed by atoms with Crippen LogP contribution in [0.5, 0.6) is 0 Å². The van der Waals surface area contributed by atoms with Gasteiger partial charge in [-0.3, -0.25) is 4.79 Å². The van der Waals surface area contributed by atoms with Gasteiger partial charge in [-0.1, -0.05) is 17.7 Å². The molecule has 8 heteroatoms. The SMILES string of the molecule is COOCc1ccc(Cl)c(-c2ccc(NC(=O)c3ocnc3C)nc2)c1. The van der Waals surface area contributed by atoms with Crippen molar-refractivity contribution in [2.75, 3.05) is 12.4 Å². The Kier molecular flexibility index (Phi) is 5.62. The molecule has 0 saturated carbocycles. The molecular formula is C18H16ClN3O4. The highest BCUT2D eigenvalue weighted by atomic mass is 35.5. The summed E-state index contributed by atoms with van der Waals surface area (Å²) in [6, 6.07) is 9.04. The average molecular weight is 374 g/mol. The molecule has 0 bridgehead atoms. The number of aromatic nitrogens is 2. The van der Waals surface area contributed by atoms with Crippen molar-refractivity contribution in [3.05, 3.63) is 65.0 Å². The van der Waals surface area contributed by atoms with Gasteiger partial charge < -0.3 is 9.73 Å². The number of pyridine rings is 1. The lowest BCUT2D eigenvalue weighted by Crippen LogP contribution is -2.13. The van der Waals surface area contributed by atoms with Crippen LogP contribution in [0, 0.1) is 6.92 Å². The standard InChI is InChI=1S/C18H16ClN3O4/c1-11-17(25-10-21-11)18(23)22-16-6-4-13(8-20-16)14-7-12(9-26-24-2)3-5-15(14)19/h3-8,10H,9H2,1-2H3,(H,20,22,23). The minimum absolute atomic E-state index is 0.157. The van der Waals surface area contributed by atoms with Gasteiger partial charge in [0, 0.05) is 22.3 Å². The normalized spacial score (nSPS) is 10.7. The van der Waals surface area contributed by atoms with Crippen molar-refractivity contribution in [2.45, 2.75) is 13.5 Å². The fourth-order valence-electron chi connectivity index (χ4n) is 2.33. The van der Waals surface area contributed by atoms with Gasteiger partial charge in [-0.05, 0) is 36.8 Å². The van der Waals surface area contributed by atoms with Gasteiger partial charge in [-0.2, -0.15) is 0 Å². The molecule has 0 aliphatic carbocycles. The van der Waals surface area contributed by atoms with E-state index in [4.69, 9.17) is 20.9 Å². The van der Waals surface area contributed by atoms with Crippen molar-refractivity contribution in [3.63, 3.8) is 0 Å². The summed E-state index contributed by atoms with van der Waals surface area (Å²) in [5.74, 6) is 0.145. The van der Waals surface area contributed by atoms with Crippen molar-refractivity contribution in [3.8, 4) is 11.1 Å². The molecule has 0 radical (unpaired) electrons. The van der Waals surface area contributed by atoms with Crippen molar-refractivity contribution < 1.29 is 19.0 Å². The zero-order chi connectivity index (χ0) is 18.5. The highest BCUT2D eigenvalue weighted by Gasteiger charge is 2.14. The number of hydrogen-bond donors (Lipinski definition) is 1. The van der Waals surface area contributed by atoms with Gasteiger partial charge in [0.15, 0.2) is 6.39 Å². The lowest BCUT2D eigenvalue weighted by Gasteiger charge is -2.09. The number of halogens is 1. The predicted molar refractivity (Wildman–Crippen MR) is 95.7 cm³/mol. The second kappa shape index (κ2) is 8.09. The minimum atomic E-state index is -0.406. The van der Waals surface area contributed by atoms with Gasteiger partial charge in [0.05, 0.1) is 12.8 Å². The summed E-state index contributed by atoms with van der Waals surface area (Å²) in [7, 11) is 1.45. The number of nitrogens with one attached hydrogen (secondary N) is 1. The number of amides is 1. The van der Waals surface area contributed by atoms with E-state index in [0.717, 1.165) is 16.7 Å². The zero-order valence-electron chi connectivity index (χ0n) is 14.2. The van der Waals surface area contributed by atoms with Crippen LogP contribution in [-0.2, 0) is 16.4 Å². The number of carbonyl (C=O) groups excluding carboxylic acids is 1. The van der Waals surface area contributed by atoms with Crippen molar-refractivity contribution in [1.29, 1.82) is 0 Å². The molecule has 0 atom stereocenters. The third-order valence-electron chi connectivity index (χ3n) is 3.64. The molecule has 1 N–H and O–H groups in total. The van der Waals surface area contributed by atoms with Crippen LogP contribution in [0.3, 0.4) is 0 Å². The molecule has 26 heavy (non-hydrogen) atoms. The van der Waals surface area contributed by atoms with Crippen LogP contribution in [0.1, 0.15) is 21.8 Å². The van der Waals surface area contributed by atoms with E-state index in [2.05, 4.69) is 20.2 Å². The second-order valence-corrected chi connectivity index (χ2v) is 5.80. The van der Waals surface area contributed by atoms with Crippen LogP contribution < -0.4 is 5.32 Å². The predicted octanol–water partition coefficient (Wildman–Crippen LogP) is 4.03. The molecule has 0 aliphatic rings. The topological polar surface area (TPSA) is 86.5 Å². The highest BCUT2D eigenvalue weighted by Crippen LogP contribution is 2.29. The van der Waals surface area contributed by atoms with E-state index in [1.165, 1.54) is 13.5 Å². The van der Waals surface area contributed by atoms with E-state index < -0.39 is 5.91 Å². The number of anilines is 1. The molecule has 3 aromatic rings. The Bertz CT molecular complexity index is 909. The smallest absolute Gasteiger partial charge is 0.294 e. The zero-order valence-corrected chi connectivity index (χ0v) is 14.9. The maximum atomic E-state index is 12.1. The number of carbonyl (C=O) groups is 1. The maximum absolute atomic E-state index is 12.1. The minimum Gasteiger partial charge on any atom is -0.438 e. The molecule has 0 saturated heterocycles. The van der Waals surface area contributed by atoms with E-state index in [1.807, 2.05) is 18.2 Å². The first kappa shape index (κ1) is 18.1. The first-order valence-corrected chi connectivity index (χ1v) is 8.08. The molecule has 2 heterocycles. The van der Waals surface area contributed by atoms with Crippen LogP contribution in [0.15, 0.2) is 47.3 Å². The molecule has 3 rings (SSSR count). The van der Waals surface area contributed by atoms with E-state index in [0.29, 0.717) is 23.1 Å². The molecular weight excluding hydrogens is 358 g/mol. The van der Waals surface area contributed by atoms with Gasteiger partial charge in [-0.15, -0.1) is 0 Å². The monoisotopic (exact) mass is 373 g/mol. The molecule has 0 unspecified atom stereocenters. The Morgan fingerprint density at radius 3 is 2.77 bits per heavy atom. The average Bonchev–Trinajstić information content (AvgIpc) is 3.08. The van der Waals surface area contributed by atoms with Gasteiger partial charge >= 0.3 is 0 Å². The quantitative estimate of drug-likeness (QED) is 0.518. The molecule has 7 nitrogen and oxygen atoms in total. The molecule has 1 aromatic carbocycles. The van der Waals surface area contributed by atoms with Crippen molar-refractivity contribution in [1.82, 2.24) is 9.97 Å². The lowest BCUT2D eigenvalue weighted by molar-refractivity contribution is -0.282. The van der Waals surface area contributed by atoms with Gasteiger partial charge in [0.25, 0.3) is 5.91 Å². The lowest BCUT2D eigenvalue weighted by atomic mass is 10.0. The van der Waals surface area contributed by atoms with Crippen LogP contribution in [0.2, 0.25) is 5.02 Å². The van der Waals surface area contributed by atoms with E-state index >= 15 is 0 Å². The fraction of sp³-hybridized carbons (Fsp3) is 0.167. The number of oxazole rings is 1. The molecule has 0 fully saturated rings. The second-order valence-electron chi connectivity index (χ2n) is 5.40. The Hall–Kier alpha value is -2.74. The van der Waals surface area contributed by atoms with E-state index in [-0.39, 0.29) is 5.76 Å². The molecule has 134 valence electrons. The van der Waals surface area contributed by atoms with Gasteiger partial charge in [0.2, 0.25) is 5.76 Å².